The normalized spacial score (nSPS) is 16.2. The van der Waals surface area contributed by atoms with Gasteiger partial charge in [-0.05, 0) is 31.0 Å². The lowest BCUT2D eigenvalue weighted by Crippen LogP contribution is -2.30. The summed E-state index contributed by atoms with van der Waals surface area (Å²) in [4.78, 5) is 23.3. The molecule has 7 nitrogen and oxygen atoms in total. The van der Waals surface area contributed by atoms with Gasteiger partial charge in [-0.1, -0.05) is 31.0 Å². The number of anilines is 1. The van der Waals surface area contributed by atoms with Crippen molar-refractivity contribution < 1.29 is 14.7 Å². The van der Waals surface area contributed by atoms with Gasteiger partial charge in [0, 0.05) is 11.1 Å². The van der Waals surface area contributed by atoms with Crippen LogP contribution in [0.5, 0.6) is 0 Å². The van der Waals surface area contributed by atoms with Gasteiger partial charge in [-0.3, -0.25) is 4.79 Å². The molecule has 0 bridgehead atoms. The molecule has 0 atom stereocenters. The molecule has 0 radical (unpaired) electrons. The number of aromatic carboxylic acids is 1. The molecule has 1 heterocycles. The Balaban J connectivity index is 1.79. The molecule has 1 aliphatic rings. The number of hydrogen-bond donors (Lipinski definition) is 2. The summed E-state index contributed by atoms with van der Waals surface area (Å²) in [6.07, 6.45) is 5.32. The monoisotopic (exact) mass is 314 g/mol. The average Bonchev–Trinajstić information content (AvgIpc) is 3.17. The largest absolute Gasteiger partial charge is 0.476 e. The third-order valence-corrected chi connectivity index (χ3v) is 4.34. The number of amides is 1. The van der Waals surface area contributed by atoms with Crippen LogP contribution in [0.4, 0.5) is 5.69 Å². The summed E-state index contributed by atoms with van der Waals surface area (Å²) in [6, 6.07) is 7.10. The summed E-state index contributed by atoms with van der Waals surface area (Å²) in [6.45, 7) is 2.00. The van der Waals surface area contributed by atoms with Crippen molar-refractivity contribution in [1.29, 1.82) is 0 Å². The fraction of sp³-hybridized carbons (Fsp3) is 0.375. The first-order valence-electron chi connectivity index (χ1n) is 7.55. The first kappa shape index (κ1) is 15.2. The molecule has 1 amide bonds. The molecule has 0 aliphatic heterocycles. The summed E-state index contributed by atoms with van der Waals surface area (Å²) in [5, 5.41) is 19.2. The van der Waals surface area contributed by atoms with Crippen molar-refractivity contribution in [2.45, 2.75) is 32.6 Å². The Morgan fingerprint density at radius 3 is 2.70 bits per heavy atom. The standard InChI is InChI=1S/C16H18N4O3/c1-16(7-2-3-8-16)15(23)17-11-5-4-6-12(9-11)20-10-13(14(21)22)18-19-20/h4-6,9-10H,2-3,7-8H2,1H3,(H,17,23)(H,21,22). The highest BCUT2D eigenvalue weighted by atomic mass is 16.4. The highest BCUT2D eigenvalue weighted by Crippen LogP contribution is 2.38. The number of nitrogens with one attached hydrogen (secondary N) is 1. The zero-order valence-electron chi connectivity index (χ0n) is 12.8. The zero-order valence-corrected chi connectivity index (χ0v) is 12.8. The molecule has 3 rings (SSSR count). The second-order valence-corrected chi connectivity index (χ2v) is 6.13. The number of hydrogen-bond acceptors (Lipinski definition) is 4. The lowest BCUT2D eigenvalue weighted by Gasteiger charge is -2.22. The van der Waals surface area contributed by atoms with Crippen molar-refractivity contribution in [1.82, 2.24) is 15.0 Å². The van der Waals surface area contributed by atoms with Crippen LogP contribution < -0.4 is 5.32 Å². The SMILES string of the molecule is CC1(C(=O)Nc2cccc(-n3cc(C(=O)O)nn3)c2)CCCC1. The van der Waals surface area contributed by atoms with E-state index in [4.69, 9.17) is 5.11 Å². The van der Waals surface area contributed by atoms with E-state index in [1.54, 1.807) is 24.3 Å². The zero-order chi connectivity index (χ0) is 16.4. The van der Waals surface area contributed by atoms with E-state index in [-0.39, 0.29) is 17.0 Å². The molecule has 1 saturated carbocycles. The fourth-order valence-corrected chi connectivity index (χ4v) is 2.88. The molecule has 23 heavy (non-hydrogen) atoms. The number of carboxylic acid groups (broad SMARTS) is 1. The minimum atomic E-state index is -1.13. The van der Waals surface area contributed by atoms with Gasteiger partial charge in [-0.25, -0.2) is 9.48 Å². The van der Waals surface area contributed by atoms with Gasteiger partial charge in [-0.2, -0.15) is 0 Å². The smallest absolute Gasteiger partial charge is 0.358 e. The van der Waals surface area contributed by atoms with Gasteiger partial charge in [0.15, 0.2) is 5.69 Å². The molecular formula is C16H18N4O3. The van der Waals surface area contributed by atoms with Crippen LogP contribution in [0.15, 0.2) is 30.5 Å². The summed E-state index contributed by atoms with van der Waals surface area (Å²) in [5.74, 6) is -1.10. The molecule has 1 aromatic heterocycles. The number of nitrogens with zero attached hydrogens (tertiary/aromatic N) is 3. The van der Waals surface area contributed by atoms with Crippen LogP contribution in [0.3, 0.4) is 0 Å². The summed E-state index contributed by atoms with van der Waals surface area (Å²) in [7, 11) is 0. The molecule has 2 N–H and O–H groups in total. The fourth-order valence-electron chi connectivity index (χ4n) is 2.88. The topological polar surface area (TPSA) is 97.1 Å². The number of carbonyl (C=O) groups excluding carboxylic acids is 1. The van der Waals surface area contributed by atoms with Crippen LogP contribution in [0.1, 0.15) is 43.1 Å². The first-order valence-corrected chi connectivity index (χ1v) is 7.55. The maximum atomic E-state index is 12.5. The predicted octanol–water partition coefficient (Wildman–Crippen LogP) is 2.48. The van der Waals surface area contributed by atoms with Crippen molar-refractivity contribution in [2.75, 3.05) is 5.32 Å². The third-order valence-electron chi connectivity index (χ3n) is 4.34. The number of carbonyl (C=O) groups is 2. The highest BCUT2D eigenvalue weighted by Gasteiger charge is 2.36. The lowest BCUT2D eigenvalue weighted by molar-refractivity contribution is -0.124. The van der Waals surface area contributed by atoms with Crippen molar-refractivity contribution >= 4 is 17.6 Å². The van der Waals surface area contributed by atoms with Crippen molar-refractivity contribution in [3.8, 4) is 5.69 Å². The molecular weight excluding hydrogens is 296 g/mol. The van der Waals surface area contributed by atoms with Crippen LogP contribution in [0.25, 0.3) is 5.69 Å². The van der Waals surface area contributed by atoms with Crippen LogP contribution >= 0.6 is 0 Å². The molecule has 7 heteroatoms. The summed E-state index contributed by atoms with van der Waals surface area (Å²) >= 11 is 0. The maximum absolute atomic E-state index is 12.5. The Morgan fingerprint density at radius 2 is 2.04 bits per heavy atom. The van der Waals surface area contributed by atoms with Gasteiger partial charge in [0.05, 0.1) is 11.9 Å². The minimum Gasteiger partial charge on any atom is -0.476 e. The van der Waals surface area contributed by atoms with Gasteiger partial charge in [0.25, 0.3) is 0 Å². The van der Waals surface area contributed by atoms with Gasteiger partial charge in [0.1, 0.15) is 0 Å². The third kappa shape index (κ3) is 3.08. The predicted molar refractivity (Wildman–Crippen MR) is 83.5 cm³/mol. The summed E-state index contributed by atoms with van der Waals surface area (Å²) in [5.41, 5.74) is 0.866. The quantitative estimate of drug-likeness (QED) is 0.903. The lowest BCUT2D eigenvalue weighted by atomic mass is 9.88. The first-order chi connectivity index (χ1) is 11.0. The van der Waals surface area contributed by atoms with E-state index in [1.165, 1.54) is 10.9 Å². The van der Waals surface area contributed by atoms with Crippen LogP contribution in [0, 0.1) is 5.41 Å². The van der Waals surface area contributed by atoms with E-state index < -0.39 is 5.97 Å². The van der Waals surface area contributed by atoms with Crippen molar-refractivity contribution in [2.24, 2.45) is 5.41 Å². The number of benzene rings is 1. The number of carboxylic acids is 1. The Labute approximate surface area is 133 Å². The van der Waals surface area contributed by atoms with Crippen LogP contribution in [-0.2, 0) is 4.79 Å². The van der Waals surface area contributed by atoms with Crippen LogP contribution in [-0.4, -0.2) is 32.0 Å². The molecule has 0 saturated heterocycles. The molecule has 2 aromatic rings. The second kappa shape index (κ2) is 5.83. The van der Waals surface area contributed by atoms with E-state index in [1.807, 2.05) is 6.92 Å². The molecule has 1 aromatic carbocycles. The minimum absolute atomic E-state index is 0.0250. The van der Waals surface area contributed by atoms with Gasteiger partial charge < -0.3 is 10.4 Å². The Morgan fingerprint density at radius 1 is 1.30 bits per heavy atom. The summed E-state index contributed by atoms with van der Waals surface area (Å²) < 4.78 is 1.37. The molecule has 1 aliphatic carbocycles. The number of rotatable bonds is 4. The maximum Gasteiger partial charge on any atom is 0.358 e. The Bertz CT molecular complexity index is 747. The van der Waals surface area contributed by atoms with Gasteiger partial charge in [0.2, 0.25) is 5.91 Å². The molecule has 0 unspecified atom stereocenters. The molecule has 120 valence electrons. The average molecular weight is 314 g/mol. The van der Waals surface area contributed by atoms with E-state index in [0.29, 0.717) is 11.4 Å². The van der Waals surface area contributed by atoms with Crippen molar-refractivity contribution in [3.05, 3.63) is 36.2 Å². The van der Waals surface area contributed by atoms with E-state index in [9.17, 15) is 9.59 Å². The van der Waals surface area contributed by atoms with E-state index in [0.717, 1.165) is 25.7 Å². The Kier molecular flexibility index (Phi) is 3.85. The molecule has 0 spiro atoms. The molecule has 1 fully saturated rings. The van der Waals surface area contributed by atoms with Crippen LogP contribution in [0.2, 0.25) is 0 Å². The second-order valence-electron chi connectivity index (χ2n) is 6.13. The highest BCUT2D eigenvalue weighted by molar-refractivity contribution is 5.95. The van der Waals surface area contributed by atoms with E-state index in [2.05, 4.69) is 15.6 Å². The Hall–Kier alpha value is -2.70. The van der Waals surface area contributed by atoms with Gasteiger partial charge in [-0.15, -0.1) is 5.10 Å². The van der Waals surface area contributed by atoms with E-state index >= 15 is 0 Å². The van der Waals surface area contributed by atoms with Crippen molar-refractivity contribution in [3.63, 3.8) is 0 Å². The number of aromatic nitrogens is 3. The van der Waals surface area contributed by atoms with Gasteiger partial charge >= 0.3 is 5.97 Å².